The first kappa shape index (κ1) is 93.9. The Morgan fingerprint density at radius 1 is 0.442 bits per heavy atom. The van der Waals surface area contributed by atoms with Crippen LogP contribution in [0.5, 0.6) is 23.0 Å². The van der Waals surface area contributed by atoms with Gasteiger partial charge in [-0.2, -0.15) is 19.9 Å². The number of nitrogens with zero attached hydrogens (tertiary/aromatic N) is 22. The molecule has 0 aliphatic carbocycles. The number of benzene rings is 6. The molecule has 12 aromatic heterocycles. The van der Waals surface area contributed by atoms with Gasteiger partial charge in [-0.25, -0.2) is 63.9 Å². The lowest BCUT2D eigenvalue weighted by atomic mass is 9.90. The molecule has 0 atom stereocenters. The molecule has 0 bridgehead atoms. The van der Waals surface area contributed by atoms with Crippen molar-refractivity contribution in [3.8, 4) is 79.3 Å². The van der Waals surface area contributed by atoms with Crippen molar-refractivity contribution in [2.24, 2.45) is 0 Å². The largest absolute Gasteiger partial charge is 0.495 e. The van der Waals surface area contributed by atoms with E-state index in [1.54, 1.807) is 76.1 Å². The Bertz CT molecular complexity index is 7770. The molecule has 0 unspecified atom stereocenters. The minimum atomic E-state index is -3.29. The van der Waals surface area contributed by atoms with Crippen molar-refractivity contribution in [2.45, 2.75) is 87.2 Å². The maximum absolute atomic E-state index is 11.9. The van der Waals surface area contributed by atoms with Crippen molar-refractivity contribution in [3.05, 3.63) is 277 Å². The van der Waals surface area contributed by atoms with Gasteiger partial charge in [0.1, 0.15) is 23.0 Å². The molecule has 20 rings (SSSR count). The first-order chi connectivity index (χ1) is 66.4. The van der Waals surface area contributed by atoms with Crippen LogP contribution in [0.3, 0.4) is 0 Å². The molecule has 2 saturated heterocycles. The van der Waals surface area contributed by atoms with Gasteiger partial charge in [0.2, 0.25) is 49.7 Å². The molecule has 18 aromatic rings. The number of anilines is 8. The van der Waals surface area contributed by atoms with Gasteiger partial charge in [0, 0.05) is 147 Å². The smallest absolute Gasteiger partial charge is 0.247 e. The lowest BCUT2D eigenvalue weighted by Crippen LogP contribution is -2.37. The summed E-state index contributed by atoms with van der Waals surface area (Å²) in [7, 11) is 0.123. The topological polar surface area (TPSA) is 416 Å². The van der Waals surface area contributed by atoms with Gasteiger partial charge in [-0.3, -0.25) is 4.79 Å². The number of rotatable bonds is 25. The van der Waals surface area contributed by atoms with Crippen LogP contribution in [0.25, 0.3) is 78.8 Å². The highest BCUT2D eigenvalue weighted by atomic mass is 32.2. The normalized spacial score (nSPS) is 13.1. The van der Waals surface area contributed by atoms with Crippen molar-refractivity contribution >= 4 is 95.1 Å². The first-order valence-corrected chi connectivity index (χ1v) is 48.2. The minimum Gasteiger partial charge on any atom is -0.495 e. The zero-order valence-corrected chi connectivity index (χ0v) is 80.4. The number of carbonyl (C=O) groups excluding carboxylic acids is 1. The van der Waals surface area contributed by atoms with E-state index in [-0.39, 0.29) is 24.3 Å². The summed E-state index contributed by atoms with van der Waals surface area (Å²) in [6.07, 6.45) is 24.6. The van der Waals surface area contributed by atoms with Gasteiger partial charge < -0.3 is 73.9 Å². The van der Waals surface area contributed by atoms with E-state index in [4.69, 9.17) is 44.4 Å². The van der Waals surface area contributed by atoms with Crippen molar-refractivity contribution < 1.29 is 45.3 Å². The number of pyridine rings is 4. The summed E-state index contributed by atoms with van der Waals surface area (Å²) in [6.45, 7) is 20.1. The third-order valence-corrected chi connectivity index (χ3v) is 25.2. The molecule has 138 heavy (non-hydrogen) atoms. The van der Waals surface area contributed by atoms with Gasteiger partial charge in [-0.1, -0.05) is 48.5 Å². The number of hydrogen-bond acceptors (Lipinski definition) is 27. The molecule has 0 radical (unpaired) electrons. The molecule has 0 saturated carbocycles. The number of fused-ring (bicyclic) bond motifs is 4. The second kappa shape index (κ2) is 40.3. The van der Waals surface area contributed by atoms with Crippen molar-refractivity contribution in [2.75, 3.05) is 107 Å². The third-order valence-electron chi connectivity index (χ3n) is 23.2. The molecule has 2 aliphatic rings. The average molecular weight is 1900 g/mol. The van der Waals surface area contributed by atoms with Crippen molar-refractivity contribution in [1.29, 1.82) is 0 Å². The van der Waals surface area contributed by atoms with Gasteiger partial charge >= 0.3 is 0 Å². The quantitative estimate of drug-likeness (QED) is 0.0309. The Kier molecular flexibility index (Phi) is 27.4. The van der Waals surface area contributed by atoms with Gasteiger partial charge in [0.05, 0.1) is 136 Å². The summed E-state index contributed by atoms with van der Waals surface area (Å²) in [5, 5.41) is 31.1. The van der Waals surface area contributed by atoms with Crippen LogP contribution in [0.2, 0.25) is 0 Å². The van der Waals surface area contributed by atoms with E-state index in [1.807, 2.05) is 238 Å². The number of hydrogen-bond donors (Lipinski definition) is 6. The lowest BCUT2D eigenvalue weighted by Gasteiger charge is -2.30. The number of aromatic nitrogens is 20. The van der Waals surface area contributed by atoms with Crippen LogP contribution in [0, 0.1) is 48.5 Å². The number of piperidine rings is 1. The molecular formula is C98H106N28O10S2. The fourth-order valence-corrected chi connectivity index (χ4v) is 18.0. The molecule has 6 aromatic carbocycles. The number of ether oxygens (including phenoxy) is 5. The van der Waals surface area contributed by atoms with E-state index in [0.717, 1.165) is 190 Å². The van der Waals surface area contributed by atoms with Crippen molar-refractivity contribution in [3.63, 3.8) is 0 Å². The standard InChI is InChI=1S/C27H27N7O2.C26H27N7O3S.C24H29N7O3S.C21H23N7O2/c1-17-10-23(21-7-5-6-20(11-21)13-28-19(3)35)26-31-27(32-34(26)14-17)30-22-8-9-24(25(12-22)36-4)33-15-18(2)29-16-33;1-17-10-22(20-7-5-6-19(11-20)13-28-37(4,34)35)25-30-26(31-33(25)14-17)29-21-8-9-23(24(12-21)36-3)32-15-18(2)27-16-32;1-16-11-20(18-7-9-30(10-8-18)35(4,32)33)23-27-24(28-31(23)13-16)26-19-5-6-21(22(12-19)34-3)29-14-17(2)25-15-29;1-14-12-27(13-23-14)17-4-3-15(11-19(17)29-2)16-5-6-18(26-7-9-30-10-8-26)20-24-21(22)25-28(16)20/h5-12,14-16H,13H2,1-4H3,(H,28,35)(H,30,32);5-12,14-16,28H,13H2,1-4H3,(H,29,31);5-6,11-15,18H,7-10H2,1-4H3,(H,26,28);3-6,11-13H,7-10H2,1-2H3,(H2,22,25). The summed E-state index contributed by atoms with van der Waals surface area (Å²) in [4.78, 5) is 49.6. The number of aryl methyl sites for hydroxylation is 7. The van der Waals surface area contributed by atoms with Crippen LogP contribution in [0.15, 0.2) is 220 Å². The monoisotopic (exact) mass is 1900 g/mol. The van der Waals surface area contributed by atoms with Crippen LogP contribution in [-0.4, -0.2) is 204 Å². The summed E-state index contributed by atoms with van der Waals surface area (Å²) >= 11 is 0. The number of methoxy groups -OCH3 is 4. The number of nitrogens with two attached hydrogens (primary N) is 1. The second-order valence-electron chi connectivity index (χ2n) is 33.8. The maximum atomic E-state index is 11.9. The number of nitrogens with one attached hydrogen (secondary N) is 5. The fourth-order valence-electron chi connectivity index (χ4n) is 16.7. The zero-order valence-electron chi connectivity index (χ0n) is 78.7. The molecule has 2 aliphatic heterocycles. The van der Waals surface area contributed by atoms with E-state index in [1.165, 1.54) is 13.2 Å². The Hall–Kier alpha value is -15.9. The van der Waals surface area contributed by atoms with Gasteiger partial charge in [-0.15, -0.1) is 20.4 Å². The Balaban J connectivity index is 0.000000128. The van der Waals surface area contributed by atoms with Crippen LogP contribution in [0.4, 0.5) is 46.5 Å². The number of nitrogen functional groups attached to an aromatic ring is 1. The molecule has 40 heteroatoms. The van der Waals surface area contributed by atoms with Gasteiger partial charge in [0.15, 0.2) is 22.6 Å². The van der Waals surface area contributed by atoms with Crippen LogP contribution < -0.4 is 55.6 Å². The van der Waals surface area contributed by atoms with E-state index in [9.17, 15) is 21.6 Å². The molecule has 7 N–H and O–H groups in total. The van der Waals surface area contributed by atoms with E-state index in [0.29, 0.717) is 73.6 Å². The number of sulfonamides is 2. The first-order valence-electron chi connectivity index (χ1n) is 44.4. The predicted octanol–water partition coefficient (Wildman–Crippen LogP) is 14.3. The van der Waals surface area contributed by atoms with Gasteiger partial charge in [0.25, 0.3) is 0 Å². The Morgan fingerprint density at radius 2 is 0.855 bits per heavy atom. The zero-order chi connectivity index (χ0) is 96.8. The number of morpholine rings is 1. The minimum absolute atomic E-state index is 0.0590. The SMILES string of the molecule is COc1cc(-c2ccc(N3CCOCC3)c3nc(N)nn23)ccc1-n1cnc(C)c1.COc1cc(Nc2nc3c(-c4cccc(CNC(C)=O)c4)cc(C)cn3n2)ccc1-n1cnc(C)c1.COc1cc(Nc2nc3c(-c4cccc(CNS(C)(=O)=O)c4)cc(C)cn3n2)ccc1-n1cnc(C)c1.COc1cc(Nc2nc3c(C4CCN(S(C)(=O)=O)CC4)cc(C)cn3n2)ccc1-n1cnc(C)c1. The van der Waals surface area contributed by atoms with Crippen LogP contribution >= 0.6 is 0 Å². The predicted molar refractivity (Wildman–Crippen MR) is 530 cm³/mol. The lowest BCUT2D eigenvalue weighted by molar-refractivity contribution is -0.119. The van der Waals surface area contributed by atoms with E-state index >= 15 is 0 Å². The molecule has 38 nitrogen and oxygen atoms in total. The highest BCUT2D eigenvalue weighted by Crippen LogP contribution is 2.39. The fraction of sp³-hybridized carbons (Fsp3) is 0.255. The molecular weight excluding hydrogens is 1790 g/mol. The van der Waals surface area contributed by atoms with Crippen LogP contribution in [-0.2, 0) is 42.7 Å². The molecule has 710 valence electrons. The third kappa shape index (κ3) is 21.7. The highest BCUT2D eigenvalue weighted by Gasteiger charge is 2.30. The molecule has 1 amide bonds. The van der Waals surface area contributed by atoms with Crippen molar-refractivity contribution in [1.82, 2.24) is 111 Å². The van der Waals surface area contributed by atoms with E-state index < -0.39 is 20.0 Å². The summed E-state index contributed by atoms with van der Waals surface area (Å²) < 4.78 is 93.7. The van der Waals surface area contributed by atoms with Crippen LogP contribution in [0.1, 0.15) is 81.8 Å². The summed E-state index contributed by atoms with van der Waals surface area (Å²) in [6, 6.07) is 49.6. The van der Waals surface area contributed by atoms with Gasteiger partial charge in [-0.05, 0) is 191 Å². The Morgan fingerprint density at radius 3 is 1.28 bits per heavy atom. The molecule has 2 fully saturated rings. The second-order valence-corrected chi connectivity index (χ2v) is 37.6. The number of carbonyl (C=O) groups is 1. The number of imidazole rings is 4. The summed E-state index contributed by atoms with van der Waals surface area (Å²) in [5.41, 5.74) is 31.3. The Labute approximate surface area is 796 Å². The molecule has 14 heterocycles. The maximum Gasteiger partial charge on any atom is 0.247 e. The average Bonchev–Trinajstić information content (AvgIpc) is 1.60. The highest BCUT2D eigenvalue weighted by molar-refractivity contribution is 7.88. The molecule has 0 spiro atoms. The van der Waals surface area contributed by atoms with E-state index in [2.05, 4.69) is 100 Å². The number of amides is 1. The summed E-state index contributed by atoms with van der Waals surface area (Å²) in [5.74, 6) is 4.64.